The summed E-state index contributed by atoms with van der Waals surface area (Å²) in [6.07, 6.45) is 9.03. The lowest BCUT2D eigenvalue weighted by Gasteiger charge is -2.25. The van der Waals surface area contributed by atoms with E-state index in [0.29, 0.717) is 23.3 Å². The zero-order valence-electron chi connectivity index (χ0n) is 16.2. The molecule has 3 heterocycles. The van der Waals surface area contributed by atoms with Crippen molar-refractivity contribution < 1.29 is 4.74 Å². The average Bonchev–Trinajstić information content (AvgIpc) is 3.10. The molecule has 7 nitrogen and oxygen atoms in total. The lowest BCUT2D eigenvalue weighted by atomic mass is 9.85. The van der Waals surface area contributed by atoms with E-state index in [1.165, 1.54) is 19.3 Å². The molecule has 146 valence electrons. The van der Waals surface area contributed by atoms with Crippen LogP contribution in [-0.4, -0.2) is 31.8 Å². The number of methoxy groups -OCH3 is 1. The van der Waals surface area contributed by atoms with Gasteiger partial charge in [0.05, 0.1) is 18.8 Å². The molecule has 0 bridgehead atoms. The highest BCUT2D eigenvalue weighted by Gasteiger charge is 2.22. The number of benzene rings is 1. The summed E-state index contributed by atoms with van der Waals surface area (Å²) in [5, 5.41) is 9.25. The number of ether oxygens (including phenoxy) is 1. The predicted octanol–water partition coefficient (Wildman–Crippen LogP) is 4.44. The third-order valence-electron chi connectivity index (χ3n) is 5.44. The van der Waals surface area contributed by atoms with Crippen molar-refractivity contribution in [1.82, 2.24) is 24.7 Å². The van der Waals surface area contributed by atoms with E-state index in [4.69, 9.17) is 14.8 Å². The lowest BCUT2D eigenvalue weighted by Crippen LogP contribution is -2.18. The van der Waals surface area contributed by atoms with Gasteiger partial charge in [-0.2, -0.15) is 5.10 Å². The molecular formula is C22H22N6O. The van der Waals surface area contributed by atoms with Crippen LogP contribution in [0.4, 0.5) is 11.5 Å². The Balaban J connectivity index is 1.56. The first-order chi connectivity index (χ1) is 14.3. The molecule has 0 atom stereocenters. The van der Waals surface area contributed by atoms with Crippen molar-refractivity contribution in [2.45, 2.75) is 25.8 Å². The summed E-state index contributed by atoms with van der Waals surface area (Å²) in [6.45, 7) is 0.943. The van der Waals surface area contributed by atoms with Crippen LogP contribution in [0.15, 0.2) is 55.0 Å². The smallest absolute Gasteiger partial charge is 0.183 e. The molecule has 7 heteroatoms. The van der Waals surface area contributed by atoms with E-state index >= 15 is 0 Å². The fourth-order valence-corrected chi connectivity index (χ4v) is 3.65. The number of rotatable bonds is 6. The van der Waals surface area contributed by atoms with Gasteiger partial charge in [-0.25, -0.2) is 9.97 Å². The normalized spacial score (nSPS) is 14.0. The monoisotopic (exact) mass is 386 g/mol. The maximum absolute atomic E-state index is 5.45. The zero-order valence-corrected chi connectivity index (χ0v) is 16.2. The van der Waals surface area contributed by atoms with Gasteiger partial charge in [0.15, 0.2) is 17.4 Å². The Hall–Kier alpha value is -3.48. The number of hydrogen-bond donors (Lipinski definition) is 1. The molecule has 1 N–H and O–H groups in total. The minimum Gasteiger partial charge on any atom is -0.491 e. The van der Waals surface area contributed by atoms with Crippen LogP contribution >= 0.6 is 0 Å². The van der Waals surface area contributed by atoms with Crippen molar-refractivity contribution in [3.63, 3.8) is 0 Å². The second-order valence-corrected chi connectivity index (χ2v) is 7.32. The van der Waals surface area contributed by atoms with Crippen LogP contribution in [-0.2, 0) is 6.54 Å². The minimum absolute atomic E-state index is 0.573. The summed E-state index contributed by atoms with van der Waals surface area (Å²) in [5.74, 6) is 2.46. The molecule has 0 unspecified atom stereocenters. The molecule has 1 aliphatic carbocycles. The second kappa shape index (κ2) is 7.50. The van der Waals surface area contributed by atoms with Gasteiger partial charge in [-0.3, -0.25) is 9.67 Å². The number of hydrogen-bond acceptors (Lipinski definition) is 6. The van der Waals surface area contributed by atoms with Crippen molar-refractivity contribution in [2.24, 2.45) is 5.92 Å². The molecule has 0 aliphatic heterocycles. The standard InChI is InChI=1S/C22H22N6O/c1-29-19-13-24-22(26-21(19)25-16-9-11-23-12-10-16)20-17-7-2-3-8-18(17)28(27-20)14-15-5-4-6-15/h2-3,7-13,15H,4-6,14H2,1H3,(H,23,24,25,26). The van der Waals surface area contributed by atoms with Gasteiger partial charge < -0.3 is 10.1 Å². The third-order valence-corrected chi connectivity index (χ3v) is 5.44. The molecule has 29 heavy (non-hydrogen) atoms. The molecule has 1 aromatic carbocycles. The Bertz CT molecular complexity index is 1140. The summed E-state index contributed by atoms with van der Waals surface area (Å²) < 4.78 is 7.56. The highest BCUT2D eigenvalue weighted by Crippen LogP contribution is 2.33. The van der Waals surface area contributed by atoms with Gasteiger partial charge in [0.25, 0.3) is 0 Å². The molecule has 1 saturated carbocycles. The van der Waals surface area contributed by atoms with Gasteiger partial charge in [-0.15, -0.1) is 0 Å². The summed E-state index contributed by atoms with van der Waals surface area (Å²) in [4.78, 5) is 13.3. The van der Waals surface area contributed by atoms with Gasteiger partial charge in [-0.05, 0) is 37.0 Å². The molecule has 1 fully saturated rings. The molecular weight excluding hydrogens is 364 g/mol. The Kier molecular flexibility index (Phi) is 4.56. The fourth-order valence-electron chi connectivity index (χ4n) is 3.65. The van der Waals surface area contributed by atoms with Crippen molar-refractivity contribution in [2.75, 3.05) is 12.4 Å². The Morgan fingerprint density at radius 1 is 1.14 bits per heavy atom. The van der Waals surface area contributed by atoms with Crippen LogP contribution < -0.4 is 10.1 Å². The molecule has 0 saturated heterocycles. The van der Waals surface area contributed by atoms with Gasteiger partial charge in [-0.1, -0.05) is 24.6 Å². The number of nitrogens with zero attached hydrogens (tertiary/aromatic N) is 5. The topological polar surface area (TPSA) is 77.8 Å². The number of pyridine rings is 1. The van der Waals surface area contributed by atoms with Crippen molar-refractivity contribution in [3.05, 3.63) is 55.0 Å². The van der Waals surface area contributed by atoms with Crippen LogP contribution in [0.5, 0.6) is 5.75 Å². The molecule has 4 aromatic rings. The zero-order chi connectivity index (χ0) is 19.6. The number of fused-ring (bicyclic) bond motifs is 1. The quantitative estimate of drug-likeness (QED) is 0.528. The molecule has 0 spiro atoms. The van der Waals surface area contributed by atoms with Crippen LogP contribution in [0, 0.1) is 5.92 Å². The van der Waals surface area contributed by atoms with E-state index in [1.54, 1.807) is 25.7 Å². The van der Waals surface area contributed by atoms with E-state index in [-0.39, 0.29) is 0 Å². The van der Waals surface area contributed by atoms with Crippen LogP contribution in [0.25, 0.3) is 22.4 Å². The lowest BCUT2D eigenvalue weighted by molar-refractivity contribution is 0.270. The van der Waals surface area contributed by atoms with Gasteiger partial charge in [0, 0.05) is 30.0 Å². The first kappa shape index (κ1) is 17.6. The molecule has 5 rings (SSSR count). The van der Waals surface area contributed by atoms with Gasteiger partial charge >= 0.3 is 0 Å². The molecule has 0 amide bonds. The minimum atomic E-state index is 0.573. The first-order valence-electron chi connectivity index (χ1n) is 9.86. The highest BCUT2D eigenvalue weighted by atomic mass is 16.5. The average molecular weight is 386 g/mol. The first-order valence-corrected chi connectivity index (χ1v) is 9.86. The largest absolute Gasteiger partial charge is 0.491 e. The molecule has 0 radical (unpaired) electrons. The summed E-state index contributed by atoms with van der Waals surface area (Å²) >= 11 is 0. The Morgan fingerprint density at radius 2 is 1.97 bits per heavy atom. The SMILES string of the molecule is COc1cnc(-c2nn(CC3CCC3)c3ccccc23)nc1Nc1ccncc1. The maximum Gasteiger partial charge on any atom is 0.183 e. The Morgan fingerprint density at radius 3 is 2.72 bits per heavy atom. The van der Waals surface area contributed by atoms with Crippen LogP contribution in [0.3, 0.4) is 0 Å². The van der Waals surface area contributed by atoms with Gasteiger partial charge in [0.2, 0.25) is 0 Å². The van der Waals surface area contributed by atoms with E-state index in [9.17, 15) is 0 Å². The van der Waals surface area contributed by atoms with Crippen LogP contribution in [0.2, 0.25) is 0 Å². The maximum atomic E-state index is 5.45. The van der Waals surface area contributed by atoms with Crippen LogP contribution in [0.1, 0.15) is 19.3 Å². The number of nitrogens with one attached hydrogen (secondary N) is 1. The summed E-state index contributed by atoms with van der Waals surface area (Å²) in [7, 11) is 1.61. The number of anilines is 2. The second-order valence-electron chi connectivity index (χ2n) is 7.32. The van der Waals surface area contributed by atoms with E-state index in [2.05, 4.69) is 38.2 Å². The number of aromatic nitrogens is 5. The predicted molar refractivity (Wildman–Crippen MR) is 112 cm³/mol. The summed E-state index contributed by atoms with van der Waals surface area (Å²) in [6, 6.07) is 12.0. The molecule has 3 aromatic heterocycles. The fraction of sp³-hybridized carbons (Fsp3) is 0.273. The Labute approximate surface area is 168 Å². The van der Waals surface area contributed by atoms with Gasteiger partial charge in [0.1, 0.15) is 5.69 Å². The van der Waals surface area contributed by atoms with E-state index in [0.717, 1.165) is 28.8 Å². The van der Waals surface area contributed by atoms with E-state index in [1.807, 2.05) is 18.2 Å². The van der Waals surface area contributed by atoms with Crippen molar-refractivity contribution >= 4 is 22.4 Å². The number of para-hydroxylation sites is 1. The summed E-state index contributed by atoms with van der Waals surface area (Å²) in [5.41, 5.74) is 2.79. The van der Waals surface area contributed by atoms with E-state index < -0.39 is 0 Å². The molecule has 1 aliphatic rings. The highest BCUT2D eigenvalue weighted by molar-refractivity contribution is 5.91. The van der Waals surface area contributed by atoms with Crippen molar-refractivity contribution in [1.29, 1.82) is 0 Å². The third kappa shape index (κ3) is 3.40. The van der Waals surface area contributed by atoms with Crippen molar-refractivity contribution in [3.8, 4) is 17.3 Å².